The lowest BCUT2D eigenvalue weighted by atomic mass is 10.0. The smallest absolute Gasteiger partial charge is 0.407 e. The molecule has 1 rings (SSSR count). The molecule has 0 spiro atoms. The van der Waals surface area contributed by atoms with Crippen LogP contribution in [0.15, 0.2) is 30.3 Å². The number of hydrogen-bond acceptors (Lipinski definition) is 7. The second-order valence-electron chi connectivity index (χ2n) is 10.7. The molecule has 0 atom stereocenters. The van der Waals surface area contributed by atoms with Gasteiger partial charge in [-0.25, -0.2) is 4.79 Å². The highest BCUT2D eigenvalue weighted by Gasteiger charge is 2.03. The molecule has 0 bridgehead atoms. The quantitative estimate of drug-likeness (QED) is 0.0720. The van der Waals surface area contributed by atoms with Crippen LogP contribution in [0.25, 0.3) is 0 Å². The van der Waals surface area contributed by atoms with Gasteiger partial charge in [-0.1, -0.05) is 127 Å². The van der Waals surface area contributed by atoms with E-state index in [4.69, 9.17) is 23.7 Å². The van der Waals surface area contributed by atoms with Gasteiger partial charge in [0.05, 0.1) is 39.6 Å². The largest absolute Gasteiger partial charge is 0.463 e. The summed E-state index contributed by atoms with van der Waals surface area (Å²) in [5.41, 5.74) is 0.941. The zero-order chi connectivity index (χ0) is 30.2. The van der Waals surface area contributed by atoms with Crippen molar-refractivity contribution in [3.05, 3.63) is 35.9 Å². The highest BCUT2D eigenvalue weighted by Crippen LogP contribution is 2.13. The molecule has 8 heteroatoms. The molecule has 0 aliphatic carbocycles. The predicted octanol–water partition coefficient (Wildman–Crippen LogP) is 7.77. The van der Waals surface area contributed by atoms with E-state index < -0.39 is 6.09 Å². The molecule has 1 aromatic carbocycles. The zero-order valence-electron chi connectivity index (χ0n) is 26.4. The Morgan fingerprint density at radius 3 is 1.60 bits per heavy atom. The van der Waals surface area contributed by atoms with E-state index in [1.165, 1.54) is 83.5 Å². The maximum atomic E-state index is 11.8. The summed E-state index contributed by atoms with van der Waals surface area (Å²) in [6.45, 7) is 5.66. The SMILES string of the molecule is CCCCCCCCCCCCCCCCCC(=O)OCCOCCOCCOCCNC(=O)OCc1ccccc1. The third kappa shape index (κ3) is 26.7. The van der Waals surface area contributed by atoms with E-state index in [9.17, 15) is 9.59 Å². The minimum absolute atomic E-state index is 0.138. The summed E-state index contributed by atoms with van der Waals surface area (Å²) in [6.07, 6.45) is 19.7. The normalized spacial score (nSPS) is 11.0. The number of esters is 1. The van der Waals surface area contributed by atoms with Gasteiger partial charge in [0.2, 0.25) is 0 Å². The minimum Gasteiger partial charge on any atom is -0.463 e. The number of nitrogens with one attached hydrogen (secondary N) is 1. The zero-order valence-corrected chi connectivity index (χ0v) is 26.4. The standard InChI is InChI=1S/C34H59NO7/c1-2-3-4-5-6-7-8-9-10-11-12-13-14-15-19-22-33(36)41-30-29-40-28-27-39-26-25-38-24-23-35-34(37)42-31-32-20-17-16-18-21-32/h16-18,20-21H,2-15,19,22-31H2,1H3,(H,35,37). The van der Waals surface area contributed by atoms with E-state index in [1.54, 1.807) is 0 Å². The van der Waals surface area contributed by atoms with Gasteiger partial charge in [-0.3, -0.25) is 4.79 Å². The maximum absolute atomic E-state index is 11.8. The fraction of sp³-hybridized carbons (Fsp3) is 0.765. The molecule has 0 unspecified atom stereocenters. The first-order valence-electron chi connectivity index (χ1n) is 16.6. The lowest BCUT2D eigenvalue weighted by Crippen LogP contribution is -2.28. The molecule has 0 heterocycles. The van der Waals surface area contributed by atoms with Crippen LogP contribution >= 0.6 is 0 Å². The van der Waals surface area contributed by atoms with E-state index in [1.807, 2.05) is 30.3 Å². The van der Waals surface area contributed by atoms with Gasteiger partial charge in [-0.15, -0.1) is 0 Å². The summed E-state index contributed by atoms with van der Waals surface area (Å²) in [7, 11) is 0. The van der Waals surface area contributed by atoms with E-state index >= 15 is 0 Å². The topological polar surface area (TPSA) is 92.3 Å². The minimum atomic E-state index is -0.466. The number of hydrogen-bond donors (Lipinski definition) is 1. The second-order valence-corrected chi connectivity index (χ2v) is 10.7. The molecule has 0 radical (unpaired) electrons. The lowest BCUT2D eigenvalue weighted by Gasteiger charge is -2.09. The van der Waals surface area contributed by atoms with Crippen molar-refractivity contribution in [2.75, 3.05) is 52.8 Å². The Morgan fingerprint density at radius 1 is 0.571 bits per heavy atom. The number of ether oxygens (including phenoxy) is 5. The number of rotatable bonds is 30. The number of amides is 1. The van der Waals surface area contributed by atoms with E-state index in [-0.39, 0.29) is 19.2 Å². The first-order valence-corrected chi connectivity index (χ1v) is 16.6. The Hall–Kier alpha value is -2.16. The van der Waals surface area contributed by atoms with Crippen molar-refractivity contribution in [1.82, 2.24) is 5.32 Å². The molecule has 1 N–H and O–H groups in total. The molecule has 8 nitrogen and oxygen atoms in total. The molecule has 42 heavy (non-hydrogen) atoms. The second kappa shape index (κ2) is 30.3. The molecular weight excluding hydrogens is 534 g/mol. The molecule has 0 saturated heterocycles. The van der Waals surface area contributed by atoms with E-state index in [0.29, 0.717) is 52.6 Å². The maximum Gasteiger partial charge on any atom is 0.407 e. The first-order chi connectivity index (χ1) is 20.7. The Balaban J connectivity index is 1.71. The molecule has 0 aliphatic heterocycles. The Morgan fingerprint density at radius 2 is 1.05 bits per heavy atom. The summed E-state index contributed by atoms with van der Waals surface area (Å²) in [4.78, 5) is 23.5. The van der Waals surface area contributed by atoms with Crippen LogP contribution in [0.3, 0.4) is 0 Å². The van der Waals surface area contributed by atoms with Crippen molar-refractivity contribution < 1.29 is 33.3 Å². The molecule has 242 valence electrons. The van der Waals surface area contributed by atoms with Crippen LogP contribution in [0.5, 0.6) is 0 Å². The number of alkyl carbamates (subject to hydrolysis) is 1. The summed E-state index contributed by atoms with van der Waals surface area (Å²) in [5.74, 6) is -0.138. The van der Waals surface area contributed by atoms with Gasteiger partial charge in [0.25, 0.3) is 0 Å². The lowest BCUT2D eigenvalue weighted by molar-refractivity contribution is -0.145. The van der Waals surface area contributed by atoms with Crippen LogP contribution in [0.1, 0.15) is 115 Å². The van der Waals surface area contributed by atoms with Gasteiger partial charge >= 0.3 is 12.1 Å². The van der Waals surface area contributed by atoms with Crippen molar-refractivity contribution in [3.8, 4) is 0 Å². The van der Waals surface area contributed by atoms with Crippen molar-refractivity contribution in [3.63, 3.8) is 0 Å². The highest BCUT2D eigenvalue weighted by molar-refractivity contribution is 5.69. The van der Waals surface area contributed by atoms with Gasteiger partial charge in [0, 0.05) is 13.0 Å². The summed E-state index contributed by atoms with van der Waals surface area (Å²) in [6, 6.07) is 9.52. The molecule has 0 aromatic heterocycles. The van der Waals surface area contributed by atoms with Gasteiger partial charge in [0.1, 0.15) is 13.2 Å². The van der Waals surface area contributed by atoms with Crippen molar-refractivity contribution >= 4 is 12.1 Å². The van der Waals surface area contributed by atoms with Gasteiger partial charge in [-0.05, 0) is 12.0 Å². The molecular formula is C34H59NO7. The molecule has 0 fully saturated rings. The van der Waals surface area contributed by atoms with Crippen LogP contribution in [-0.4, -0.2) is 64.9 Å². The molecule has 1 aromatic rings. The average Bonchev–Trinajstić information content (AvgIpc) is 3.00. The fourth-order valence-electron chi connectivity index (χ4n) is 4.47. The van der Waals surface area contributed by atoms with Gasteiger partial charge < -0.3 is 29.0 Å². The molecule has 0 aliphatic rings. The average molecular weight is 594 g/mol. The van der Waals surface area contributed by atoms with Gasteiger partial charge in [0.15, 0.2) is 0 Å². The monoisotopic (exact) mass is 593 g/mol. The molecule has 1 amide bonds. The van der Waals surface area contributed by atoms with Gasteiger partial charge in [-0.2, -0.15) is 0 Å². The third-order valence-electron chi connectivity index (χ3n) is 6.95. The Labute approximate surface area is 255 Å². The number of carbonyl (C=O) groups excluding carboxylic acids is 2. The van der Waals surface area contributed by atoms with Crippen molar-refractivity contribution in [1.29, 1.82) is 0 Å². The molecule has 0 saturated carbocycles. The van der Waals surface area contributed by atoms with Crippen LogP contribution in [0.4, 0.5) is 4.79 Å². The third-order valence-corrected chi connectivity index (χ3v) is 6.95. The summed E-state index contributed by atoms with van der Waals surface area (Å²) in [5, 5.41) is 2.64. The van der Waals surface area contributed by atoms with Crippen molar-refractivity contribution in [2.24, 2.45) is 0 Å². The first kappa shape index (κ1) is 37.9. The number of unbranched alkanes of at least 4 members (excludes halogenated alkanes) is 14. The summed E-state index contributed by atoms with van der Waals surface area (Å²) >= 11 is 0. The highest BCUT2D eigenvalue weighted by atomic mass is 16.6. The van der Waals surface area contributed by atoms with E-state index in [0.717, 1.165) is 18.4 Å². The Kier molecular flexibility index (Phi) is 27.3. The van der Waals surface area contributed by atoms with Crippen LogP contribution in [0.2, 0.25) is 0 Å². The number of benzene rings is 1. The fourth-order valence-corrected chi connectivity index (χ4v) is 4.47. The van der Waals surface area contributed by atoms with Crippen LogP contribution < -0.4 is 5.32 Å². The van der Waals surface area contributed by atoms with Crippen LogP contribution in [0, 0.1) is 0 Å². The van der Waals surface area contributed by atoms with E-state index in [2.05, 4.69) is 12.2 Å². The van der Waals surface area contributed by atoms with Crippen molar-refractivity contribution in [2.45, 2.75) is 116 Å². The van der Waals surface area contributed by atoms with Crippen LogP contribution in [-0.2, 0) is 35.1 Å². The predicted molar refractivity (Wildman–Crippen MR) is 168 cm³/mol. The number of carbonyl (C=O) groups is 2. The Bertz CT molecular complexity index is 732. The summed E-state index contributed by atoms with van der Waals surface area (Å²) < 4.78 is 26.7.